The van der Waals surface area contributed by atoms with E-state index in [-0.39, 0.29) is 61.2 Å². The first-order chi connectivity index (χ1) is 24.4. The molecule has 0 radical (unpaired) electrons. The quantitative estimate of drug-likeness (QED) is 0.121. The number of nitrogens with one attached hydrogen (secondary N) is 2. The molecule has 0 bridgehead atoms. The first-order valence-electron chi connectivity index (χ1n) is 17.4. The number of phenolic OH excluding ortho intramolecular Hbond substituents is 2. The van der Waals surface area contributed by atoms with Crippen LogP contribution in [-0.4, -0.2) is 104 Å². The number of amides is 2. The molecular weight excluding hydrogens is 665 g/mol. The van der Waals surface area contributed by atoms with E-state index in [2.05, 4.69) is 40.8 Å². The molecule has 0 aromatic heterocycles. The number of phenols is 2. The van der Waals surface area contributed by atoms with Crippen molar-refractivity contribution in [2.45, 2.75) is 50.1 Å². The summed E-state index contributed by atoms with van der Waals surface area (Å²) < 4.78 is 50.5. The average molecular weight is 713 g/mol. The number of rotatable bonds is 16. The molecule has 2 aliphatic heterocycles. The number of aromatic hydroxyl groups is 2. The summed E-state index contributed by atoms with van der Waals surface area (Å²) in [5, 5.41) is 26.8. The normalized spacial score (nSPS) is 15.9. The van der Waals surface area contributed by atoms with Crippen molar-refractivity contribution in [1.82, 2.24) is 15.1 Å². The highest BCUT2D eigenvalue weighted by molar-refractivity contribution is 5.97. The Bertz CT molecular complexity index is 1630. The lowest BCUT2D eigenvalue weighted by Crippen LogP contribution is -2.41. The number of likely N-dealkylation sites (tertiary alicyclic amines) is 1. The summed E-state index contributed by atoms with van der Waals surface area (Å²) >= 11 is 0. The summed E-state index contributed by atoms with van der Waals surface area (Å²) in [6.07, 6.45) is -2.78. The molecule has 2 amide bonds. The third-order valence-corrected chi connectivity index (χ3v) is 9.72. The summed E-state index contributed by atoms with van der Waals surface area (Å²) in [6, 6.07) is 19.1. The van der Waals surface area contributed by atoms with Gasteiger partial charge in [0.05, 0.1) is 26.1 Å². The zero-order chi connectivity index (χ0) is 36.4. The predicted molar refractivity (Wildman–Crippen MR) is 187 cm³/mol. The molecule has 3 aromatic rings. The Hall–Kier alpha value is -4.33. The van der Waals surface area contributed by atoms with Crippen molar-refractivity contribution in [2.75, 3.05) is 71.5 Å². The number of carbonyl (C=O) groups is 2. The van der Waals surface area contributed by atoms with Crippen molar-refractivity contribution in [3.8, 4) is 17.2 Å². The van der Waals surface area contributed by atoms with Gasteiger partial charge in [-0.3, -0.25) is 9.59 Å². The van der Waals surface area contributed by atoms with Crippen LogP contribution in [-0.2, 0) is 32.6 Å². The van der Waals surface area contributed by atoms with Crippen molar-refractivity contribution < 1.29 is 42.4 Å². The number of carbonyl (C=O) groups excluding carboxylic acids is 2. The number of hydrogen-bond donors (Lipinski definition) is 4. The van der Waals surface area contributed by atoms with Gasteiger partial charge in [0, 0.05) is 30.6 Å². The van der Waals surface area contributed by atoms with Gasteiger partial charge in [0.25, 0.3) is 5.91 Å². The van der Waals surface area contributed by atoms with E-state index in [1.165, 1.54) is 16.5 Å². The van der Waals surface area contributed by atoms with E-state index in [1.54, 1.807) is 12.1 Å². The first-order valence-corrected chi connectivity index (χ1v) is 17.4. The first kappa shape index (κ1) is 37.9. The van der Waals surface area contributed by atoms with Gasteiger partial charge in [-0.25, -0.2) is 0 Å². The molecule has 0 unspecified atom stereocenters. The average Bonchev–Trinajstić information content (AvgIpc) is 3.11. The van der Waals surface area contributed by atoms with Gasteiger partial charge >= 0.3 is 6.18 Å². The zero-order valence-electron chi connectivity index (χ0n) is 28.9. The largest absolute Gasteiger partial charge is 0.508 e. The van der Waals surface area contributed by atoms with Crippen LogP contribution in [0.4, 0.5) is 18.9 Å². The molecular formula is C38H47F3N4O6. The minimum Gasteiger partial charge on any atom is -0.508 e. The molecule has 1 saturated heterocycles. The lowest BCUT2D eigenvalue weighted by Gasteiger charge is -2.42. The van der Waals surface area contributed by atoms with E-state index in [1.807, 2.05) is 24.3 Å². The lowest BCUT2D eigenvalue weighted by molar-refractivity contribution is -0.145. The molecule has 0 spiro atoms. The third kappa shape index (κ3) is 10.1. The molecule has 3 aromatic carbocycles. The second kappa shape index (κ2) is 17.3. The van der Waals surface area contributed by atoms with Gasteiger partial charge in [-0.05, 0) is 81.2 Å². The molecule has 1 fully saturated rings. The molecule has 51 heavy (non-hydrogen) atoms. The smallest absolute Gasteiger partial charge is 0.390 e. The number of anilines is 1. The van der Waals surface area contributed by atoms with Gasteiger partial charge in [-0.1, -0.05) is 48.5 Å². The molecule has 4 N–H and O–H groups in total. The number of benzene rings is 3. The van der Waals surface area contributed by atoms with E-state index >= 15 is 0 Å². The maximum Gasteiger partial charge on any atom is 0.390 e. The Kier molecular flexibility index (Phi) is 12.8. The van der Waals surface area contributed by atoms with Crippen LogP contribution in [0.1, 0.15) is 47.9 Å². The topological polar surface area (TPSA) is 124 Å². The molecule has 276 valence electrons. The van der Waals surface area contributed by atoms with Gasteiger partial charge in [0.1, 0.15) is 17.2 Å². The minimum absolute atomic E-state index is 0.0496. The summed E-state index contributed by atoms with van der Waals surface area (Å²) in [7, 11) is 2.10. The number of hydrogen-bond acceptors (Lipinski definition) is 8. The highest BCUT2D eigenvalue weighted by Crippen LogP contribution is 2.45. The van der Waals surface area contributed by atoms with Crippen molar-refractivity contribution in [3.05, 3.63) is 82.9 Å². The van der Waals surface area contributed by atoms with Crippen LogP contribution < -0.4 is 15.4 Å². The fourth-order valence-corrected chi connectivity index (χ4v) is 6.80. The molecule has 0 aliphatic carbocycles. The Morgan fingerprint density at radius 2 is 1.75 bits per heavy atom. The predicted octanol–water partition coefficient (Wildman–Crippen LogP) is 5.00. The van der Waals surface area contributed by atoms with Crippen molar-refractivity contribution >= 4 is 17.5 Å². The highest BCUT2D eigenvalue weighted by Gasteiger charge is 2.39. The van der Waals surface area contributed by atoms with Crippen LogP contribution in [0.3, 0.4) is 0 Å². The van der Waals surface area contributed by atoms with Gasteiger partial charge in [-0.15, -0.1) is 0 Å². The summed E-state index contributed by atoms with van der Waals surface area (Å²) in [5.41, 5.74) is 3.71. The Morgan fingerprint density at radius 1 is 1.00 bits per heavy atom. The van der Waals surface area contributed by atoms with Crippen LogP contribution in [0.2, 0.25) is 0 Å². The molecule has 2 heterocycles. The van der Waals surface area contributed by atoms with Gasteiger partial charge in [0.2, 0.25) is 5.91 Å². The van der Waals surface area contributed by atoms with Crippen molar-refractivity contribution in [3.63, 3.8) is 0 Å². The molecule has 5 rings (SSSR count). The van der Waals surface area contributed by atoms with Gasteiger partial charge < -0.3 is 40.1 Å². The number of fused-ring (bicyclic) bond motifs is 1. The number of ether oxygens (including phenoxy) is 2. The van der Waals surface area contributed by atoms with Crippen LogP contribution in [0.15, 0.2) is 60.7 Å². The monoisotopic (exact) mass is 712 g/mol. The van der Waals surface area contributed by atoms with Crippen LogP contribution >= 0.6 is 0 Å². The van der Waals surface area contributed by atoms with Crippen molar-refractivity contribution in [2.24, 2.45) is 0 Å². The molecule has 0 atom stereocenters. The number of nitrogens with zero attached hydrogens (tertiary/aromatic N) is 2. The van der Waals surface area contributed by atoms with Crippen molar-refractivity contribution in [1.29, 1.82) is 0 Å². The van der Waals surface area contributed by atoms with Crippen LogP contribution in [0.25, 0.3) is 0 Å². The van der Waals surface area contributed by atoms with E-state index in [0.29, 0.717) is 31.7 Å². The maximum atomic E-state index is 13.1. The zero-order valence-corrected chi connectivity index (χ0v) is 28.9. The molecule has 10 nitrogen and oxygen atoms in total. The number of piperidine rings is 1. The van der Waals surface area contributed by atoms with Crippen LogP contribution in [0.5, 0.6) is 17.2 Å². The second-order valence-electron chi connectivity index (χ2n) is 13.2. The second-order valence-corrected chi connectivity index (χ2v) is 13.2. The highest BCUT2D eigenvalue weighted by atomic mass is 19.4. The number of alkyl halides is 3. The van der Waals surface area contributed by atoms with E-state index < -0.39 is 25.0 Å². The standard InChI is InChI=1S/C38H47F3N4O6/c1-44-19-14-37(15-20-44,29-5-3-2-4-6-29)30-25-27(7-9-31(30)46)12-23-50-24-13-34(49)45(21-16-38(39,40)41)22-18-42-17-11-28-8-10-32(47)35-36(28)51-26-33(48)43-35/h2-10,25,42,46-47H,11-24,26H2,1H3,(H,43,48). The van der Waals surface area contributed by atoms with E-state index in [0.717, 1.165) is 42.6 Å². The lowest BCUT2D eigenvalue weighted by atomic mass is 9.67. The Morgan fingerprint density at radius 3 is 2.49 bits per heavy atom. The summed E-state index contributed by atoms with van der Waals surface area (Å²) in [4.78, 5) is 28.1. The summed E-state index contributed by atoms with van der Waals surface area (Å²) in [5.74, 6) is -0.245. The fourth-order valence-electron chi connectivity index (χ4n) is 6.80. The van der Waals surface area contributed by atoms with E-state index in [4.69, 9.17) is 9.47 Å². The third-order valence-electron chi connectivity index (χ3n) is 9.72. The Balaban J connectivity index is 1.10. The SMILES string of the molecule is CN1CCC(c2ccccc2)(c2cc(CCOCCC(=O)N(CCNCCc3ccc(O)c4c3OCC(=O)N4)CCC(F)(F)F)ccc2O)CC1. The van der Waals surface area contributed by atoms with Gasteiger partial charge in [0.15, 0.2) is 12.4 Å². The van der Waals surface area contributed by atoms with Crippen LogP contribution in [0, 0.1) is 0 Å². The minimum atomic E-state index is -4.40. The summed E-state index contributed by atoms with van der Waals surface area (Å²) in [6.45, 7) is 2.38. The van der Waals surface area contributed by atoms with Gasteiger partial charge in [-0.2, -0.15) is 13.2 Å². The van der Waals surface area contributed by atoms with E-state index in [9.17, 15) is 33.0 Å². The molecule has 13 heteroatoms. The fraction of sp³-hybridized carbons (Fsp3) is 0.474. The maximum absolute atomic E-state index is 13.1. The molecule has 2 aliphatic rings. The number of halogens is 3. The molecule has 0 saturated carbocycles. The Labute approximate surface area is 296 Å².